The van der Waals surface area contributed by atoms with Gasteiger partial charge in [-0.3, -0.25) is 43.9 Å². The predicted molar refractivity (Wildman–Crippen MR) is 216 cm³/mol. The van der Waals surface area contributed by atoms with Gasteiger partial charge in [0.1, 0.15) is 16.7 Å². The molecule has 1 unspecified atom stereocenters. The molecule has 4 aliphatic rings. The molecule has 0 spiro atoms. The quantitative estimate of drug-likeness (QED) is 0.198. The van der Waals surface area contributed by atoms with Crippen molar-refractivity contribution in [3.8, 4) is 5.75 Å². The number of halogens is 2. The van der Waals surface area contributed by atoms with Crippen molar-refractivity contribution in [3.63, 3.8) is 0 Å². The maximum atomic E-state index is 16.4. The smallest absolute Gasteiger partial charge is 0.293 e. The fraction of sp³-hybridized carbons (Fsp3) is 0.400. The van der Waals surface area contributed by atoms with E-state index < -0.39 is 35.3 Å². The molecule has 3 N–H and O–H groups in total. The van der Waals surface area contributed by atoms with E-state index >= 15 is 4.39 Å². The van der Waals surface area contributed by atoms with Crippen molar-refractivity contribution >= 4 is 75.2 Å². The number of anilines is 4. The van der Waals surface area contributed by atoms with Crippen molar-refractivity contribution in [2.45, 2.75) is 37.4 Å². The number of nitrogens with one attached hydrogen (secondary N) is 3. The van der Waals surface area contributed by atoms with Crippen LogP contribution >= 0.6 is 11.6 Å². The van der Waals surface area contributed by atoms with E-state index in [0.29, 0.717) is 73.3 Å². The highest BCUT2D eigenvalue weighted by atomic mass is 35.5. The summed E-state index contributed by atoms with van der Waals surface area (Å²) in [5.74, 6) is -1.77. The first-order valence-electron chi connectivity index (χ1n) is 19.3. The number of piperazine rings is 1. The van der Waals surface area contributed by atoms with Crippen LogP contribution in [-0.2, 0) is 21.4 Å². The van der Waals surface area contributed by atoms with E-state index in [4.69, 9.17) is 16.3 Å². The van der Waals surface area contributed by atoms with Crippen molar-refractivity contribution in [2.75, 3.05) is 74.6 Å². The molecule has 5 amide bonds. The largest absolute Gasteiger partial charge is 0.478 e. The minimum Gasteiger partial charge on any atom is -0.478 e. The number of amides is 5. The van der Waals surface area contributed by atoms with E-state index in [-0.39, 0.29) is 72.2 Å². The van der Waals surface area contributed by atoms with Crippen LogP contribution in [0.5, 0.6) is 5.75 Å². The van der Waals surface area contributed by atoms with E-state index in [1.807, 2.05) is 15.9 Å². The lowest BCUT2D eigenvalue weighted by Crippen LogP contribution is -2.54. The van der Waals surface area contributed by atoms with Crippen molar-refractivity contribution in [3.05, 3.63) is 75.2 Å². The number of likely N-dealkylation sites (N-methyl/N-ethyl adjacent to an activating group) is 1. The molecule has 0 saturated carbocycles. The highest BCUT2D eigenvalue weighted by Gasteiger charge is 2.46. The second-order valence-corrected chi connectivity index (χ2v) is 15.6. The van der Waals surface area contributed by atoms with Gasteiger partial charge in [0.15, 0.2) is 18.2 Å². The topological polar surface area (TPSA) is 191 Å². The summed E-state index contributed by atoms with van der Waals surface area (Å²) in [5.41, 5.74) is 0.538. The fourth-order valence-corrected chi connectivity index (χ4v) is 8.30. The minimum atomic E-state index is -1.45. The number of rotatable bonds is 10. The second kappa shape index (κ2) is 15.9. The Morgan fingerprint density at radius 2 is 1.76 bits per heavy atom. The molecule has 8 rings (SSSR count). The lowest BCUT2D eigenvalue weighted by Gasteiger charge is -2.42. The number of hydrogen-bond acceptors (Lipinski definition) is 13. The SMILES string of the molecule is CNC(=O)COc1cc2cc(Nc3nc(N4CCC(F)(CN5CCN(c6cccc7c6C(=O)N(C6CCC(=O)NC6=O)C7=O)CC5)CC4)ncc3Cl)ccc2n(C)c1=O. The van der Waals surface area contributed by atoms with Crippen LogP contribution in [0.15, 0.2) is 53.5 Å². The molecule has 59 heavy (non-hydrogen) atoms. The second-order valence-electron chi connectivity index (χ2n) is 15.1. The molecule has 19 heteroatoms. The summed E-state index contributed by atoms with van der Waals surface area (Å²) in [4.78, 5) is 91.8. The highest BCUT2D eigenvalue weighted by Crippen LogP contribution is 2.36. The van der Waals surface area contributed by atoms with Crippen LogP contribution in [0.4, 0.5) is 27.5 Å². The lowest BCUT2D eigenvalue weighted by molar-refractivity contribution is -0.136. The first kappa shape index (κ1) is 39.7. The summed E-state index contributed by atoms with van der Waals surface area (Å²) in [6, 6.07) is 11.0. The molecule has 17 nitrogen and oxygen atoms in total. The number of ether oxygens (including phenoxy) is 1. The van der Waals surface area contributed by atoms with Gasteiger partial charge >= 0.3 is 0 Å². The molecule has 1 atom stereocenters. The van der Waals surface area contributed by atoms with Crippen molar-refractivity contribution < 1.29 is 33.1 Å². The Morgan fingerprint density at radius 3 is 2.49 bits per heavy atom. The van der Waals surface area contributed by atoms with Gasteiger partial charge in [0, 0.05) is 90.2 Å². The Morgan fingerprint density at radius 1 is 1.00 bits per heavy atom. The Labute approximate surface area is 342 Å². The van der Waals surface area contributed by atoms with Crippen LogP contribution in [0.3, 0.4) is 0 Å². The predicted octanol–water partition coefficient (Wildman–Crippen LogP) is 2.38. The Bertz CT molecular complexity index is 2450. The number of carbonyl (C=O) groups is 5. The third-order valence-corrected chi connectivity index (χ3v) is 11.7. The van der Waals surface area contributed by atoms with Crippen LogP contribution < -0.4 is 36.0 Å². The minimum absolute atomic E-state index is 0.0347. The zero-order valence-corrected chi connectivity index (χ0v) is 33.2. The average molecular weight is 829 g/mol. The van der Waals surface area contributed by atoms with Gasteiger partial charge in [0.05, 0.1) is 28.5 Å². The first-order valence-corrected chi connectivity index (χ1v) is 19.7. The Balaban J connectivity index is 0.876. The van der Waals surface area contributed by atoms with Crippen molar-refractivity contribution in [2.24, 2.45) is 7.05 Å². The van der Waals surface area contributed by atoms with E-state index in [0.717, 1.165) is 4.90 Å². The highest BCUT2D eigenvalue weighted by molar-refractivity contribution is 6.33. The van der Waals surface area contributed by atoms with Crippen LogP contribution in [0.1, 0.15) is 46.4 Å². The molecule has 2 aromatic carbocycles. The molecule has 0 radical (unpaired) electrons. The number of benzene rings is 2. The maximum Gasteiger partial charge on any atom is 0.293 e. The zero-order valence-electron chi connectivity index (χ0n) is 32.4. The van der Waals surface area contributed by atoms with Crippen LogP contribution in [0, 0.1) is 0 Å². The fourth-order valence-electron chi connectivity index (χ4n) is 8.16. The summed E-state index contributed by atoms with van der Waals surface area (Å²) in [5, 5.41) is 8.87. The van der Waals surface area contributed by atoms with Gasteiger partial charge < -0.3 is 29.7 Å². The monoisotopic (exact) mass is 828 g/mol. The molecular weight excluding hydrogens is 787 g/mol. The molecule has 2 aromatic heterocycles. The third kappa shape index (κ3) is 7.76. The summed E-state index contributed by atoms with van der Waals surface area (Å²) in [6.45, 7) is 2.82. The molecular formula is C40H42ClFN10O7. The Kier molecular flexibility index (Phi) is 10.7. The summed E-state index contributed by atoms with van der Waals surface area (Å²) < 4.78 is 23.3. The molecule has 4 aromatic rings. The van der Waals surface area contributed by atoms with Crippen LogP contribution in [0.2, 0.25) is 5.02 Å². The van der Waals surface area contributed by atoms with Gasteiger partial charge in [-0.2, -0.15) is 4.98 Å². The molecule has 0 bridgehead atoms. The Hall–Kier alpha value is -6.14. The number of alkyl halides is 1. The van der Waals surface area contributed by atoms with E-state index in [1.54, 1.807) is 43.4 Å². The van der Waals surface area contributed by atoms with Gasteiger partial charge in [0.25, 0.3) is 23.3 Å². The van der Waals surface area contributed by atoms with E-state index in [1.165, 1.54) is 17.8 Å². The number of hydrogen-bond donors (Lipinski definition) is 3. The van der Waals surface area contributed by atoms with Crippen LogP contribution in [0.25, 0.3) is 10.9 Å². The van der Waals surface area contributed by atoms with E-state index in [2.05, 4.69) is 30.8 Å². The van der Waals surface area contributed by atoms with Gasteiger partial charge in [-0.15, -0.1) is 0 Å². The maximum absolute atomic E-state index is 16.4. The van der Waals surface area contributed by atoms with E-state index in [9.17, 15) is 28.8 Å². The molecule has 6 heterocycles. The van der Waals surface area contributed by atoms with Crippen LogP contribution in [-0.4, -0.2) is 125 Å². The van der Waals surface area contributed by atoms with Gasteiger partial charge in [-0.25, -0.2) is 9.37 Å². The third-order valence-electron chi connectivity index (χ3n) is 11.4. The number of piperidine rings is 2. The number of aryl methyl sites for hydroxylation is 1. The standard InChI is InChI=1S/C40H42ClFN10O7/c1-43-32(54)21-59-30-19-23-18-24(6-7-27(23)48(2)37(30)57)45-34-26(41)20-44-39(47-34)51-12-10-40(42,11-13-51)22-49-14-16-50(17-15-49)28-5-3-4-25-33(28)38(58)52(36(25)56)29-8-9-31(53)46-35(29)55/h3-7,18-20,29H,8-17,21-22H2,1-2H3,(H,43,54)(H,44,45,47)(H,46,53,55). The molecule has 3 saturated heterocycles. The molecule has 308 valence electrons. The average Bonchev–Trinajstić information content (AvgIpc) is 3.48. The number of imide groups is 2. The van der Waals surface area contributed by atoms with Gasteiger partial charge in [-0.1, -0.05) is 17.7 Å². The van der Waals surface area contributed by atoms with Gasteiger partial charge in [-0.05, 0) is 42.8 Å². The van der Waals surface area contributed by atoms with Crippen molar-refractivity contribution in [1.29, 1.82) is 0 Å². The number of aromatic nitrogens is 3. The van der Waals surface area contributed by atoms with Crippen molar-refractivity contribution in [1.82, 2.24) is 35.0 Å². The lowest BCUT2D eigenvalue weighted by atomic mass is 9.92. The number of nitrogens with zero attached hydrogens (tertiary/aromatic N) is 7. The molecule has 3 fully saturated rings. The van der Waals surface area contributed by atoms with Gasteiger partial charge in [0.2, 0.25) is 17.8 Å². The number of carbonyl (C=O) groups excluding carboxylic acids is 5. The molecule has 4 aliphatic heterocycles. The summed E-state index contributed by atoms with van der Waals surface area (Å²) >= 11 is 6.51. The summed E-state index contributed by atoms with van der Waals surface area (Å²) in [7, 11) is 3.10. The first-order chi connectivity index (χ1) is 28.3. The normalized spacial score (nSPS) is 19.5. The zero-order chi connectivity index (χ0) is 41.6. The number of fused-ring (bicyclic) bond motifs is 2. The number of pyridine rings is 1. The summed E-state index contributed by atoms with van der Waals surface area (Å²) in [6.07, 6.45) is 2.14. The molecule has 0 aliphatic carbocycles.